The van der Waals surface area contributed by atoms with Crippen LogP contribution in [0.5, 0.6) is 5.75 Å². The first-order chi connectivity index (χ1) is 10.6. The number of carbonyl (C=O) groups is 2. The van der Waals surface area contributed by atoms with E-state index in [1.807, 2.05) is 24.3 Å². The van der Waals surface area contributed by atoms with Crippen LogP contribution < -0.4 is 15.4 Å². The maximum absolute atomic E-state index is 11.8. The molecule has 0 aromatic heterocycles. The number of aromatic carboxylic acids is 1. The van der Waals surface area contributed by atoms with E-state index in [4.69, 9.17) is 9.84 Å². The van der Waals surface area contributed by atoms with Crippen LogP contribution in [0.2, 0.25) is 0 Å². The van der Waals surface area contributed by atoms with Crippen LogP contribution in [0.1, 0.15) is 15.9 Å². The van der Waals surface area contributed by atoms with Crippen LogP contribution in [0.4, 0.5) is 10.5 Å². The molecule has 0 saturated carbocycles. The molecule has 0 aliphatic rings. The van der Waals surface area contributed by atoms with Gasteiger partial charge in [0, 0.05) is 12.2 Å². The molecule has 3 N–H and O–H groups in total. The van der Waals surface area contributed by atoms with Crippen molar-refractivity contribution in [2.45, 2.75) is 6.54 Å². The third kappa shape index (κ3) is 4.24. The molecular formula is C16H16N2O4. The number of ether oxygens (including phenoxy) is 1. The molecule has 0 aliphatic carbocycles. The van der Waals surface area contributed by atoms with Crippen molar-refractivity contribution in [3.8, 4) is 5.75 Å². The first-order valence-corrected chi connectivity index (χ1v) is 6.59. The Morgan fingerprint density at radius 1 is 1.14 bits per heavy atom. The summed E-state index contributed by atoms with van der Waals surface area (Å²) in [6.07, 6.45) is 0. The van der Waals surface area contributed by atoms with Crippen LogP contribution in [-0.2, 0) is 6.54 Å². The van der Waals surface area contributed by atoms with Gasteiger partial charge in [0.2, 0.25) is 0 Å². The number of hydrogen-bond donors (Lipinski definition) is 3. The Balaban J connectivity index is 1.89. The smallest absolute Gasteiger partial charge is 0.335 e. The monoisotopic (exact) mass is 300 g/mol. The first kappa shape index (κ1) is 15.4. The van der Waals surface area contributed by atoms with E-state index in [1.165, 1.54) is 12.1 Å². The lowest BCUT2D eigenvalue weighted by Crippen LogP contribution is -2.28. The van der Waals surface area contributed by atoms with Gasteiger partial charge in [-0.1, -0.05) is 18.2 Å². The van der Waals surface area contributed by atoms with Crippen molar-refractivity contribution in [2.75, 3.05) is 12.4 Å². The minimum Gasteiger partial charge on any atom is -0.497 e. The molecule has 2 aromatic carbocycles. The molecule has 22 heavy (non-hydrogen) atoms. The van der Waals surface area contributed by atoms with Crippen LogP contribution >= 0.6 is 0 Å². The highest BCUT2D eigenvalue weighted by atomic mass is 16.5. The number of anilines is 1. The third-order valence-electron chi connectivity index (χ3n) is 2.98. The number of carbonyl (C=O) groups excluding carboxylic acids is 1. The highest BCUT2D eigenvalue weighted by molar-refractivity contribution is 5.93. The minimum absolute atomic E-state index is 0.118. The molecule has 0 heterocycles. The average molecular weight is 300 g/mol. The number of nitrogens with one attached hydrogen (secondary N) is 2. The van der Waals surface area contributed by atoms with Gasteiger partial charge in [-0.15, -0.1) is 0 Å². The summed E-state index contributed by atoms with van der Waals surface area (Å²) in [5.41, 5.74) is 1.47. The number of hydrogen-bond acceptors (Lipinski definition) is 3. The predicted molar refractivity (Wildman–Crippen MR) is 82.3 cm³/mol. The molecule has 0 bridgehead atoms. The maximum Gasteiger partial charge on any atom is 0.335 e. The summed E-state index contributed by atoms with van der Waals surface area (Å²) < 4.78 is 5.06. The zero-order valence-electron chi connectivity index (χ0n) is 12.0. The highest BCUT2D eigenvalue weighted by Crippen LogP contribution is 2.12. The summed E-state index contributed by atoms with van der Waals surface area (Å²) in [5.74, 6) is -0.291. The molecule has 2 amide bonds. The van der Waals surface area contributed by atoms with Gasteiger partial charge in [-0.25, -0.2) is 9.59 Å². The van der Waals surface area contributed by atoms with Crippen molar-refractivity contribution in [3.05, 3.63) is 59.7 Å². The average Bonchev–Trinajstić information content (AvgIpc) is 2.53. The van der Waals surface area contributed by atoms with Crippen molar-refractivity contribution in [1.82, 2.24) is 5.32 Å². The summed E-state index contributed by atoms with van der Waals surface area (Å²) in [6, 6.07) is 13.0. The lowest BCUT2D eigenvalue weighted by molar-refractivity contribution is 0.0697. The van der Waals surface area contributed by atoms with Gasteiger partial charge in [0.15, 0.2) is 0 Å². The number of rotatable bonds is 5. The van der Waals surface area contributed by atoms with Crippen LogP contribution in [0.15, 0.2) is 48.5 Å². The van der Waals surface area contributed by atoms with Gasteiger partial charge >= 0.3 is 12.0 Å². The van der Waals surface area contributed by atoms with Gasteiger partial charge in [-0.05, 0) is 35.9 Å². The van der Waals surface area contributed by atoms with Gasteiger partial charge in [0.1, 0.15) is 5.75 Å². The highest BCUT2D eigenvalue weighted by Gasteiger charge is 2.06. The largest absolute Gasteiger partial charge is 0.497 e. The van der Waals surface area contributed by atoms with Crippen LogP contribution in [0, 0.1) is 0 Å². The predicted octanol–water partition coefficient (Wildman–Crippen LogP) is 2.72. The Morgan fingerprint density at radius 2 is 1.86 bits per heavy atom. The molecule has 2 aromatic rings. The fraction of sp³-hybridized carbons (Fsp3) is 0.125. The second-order valence-corrected chi connectivity index (χ2v) is 4.54. The zero-order valence-corrected chi connectivity index (χ0v) is 12.0. The Bertz CT molecular complexity index is 668. The molecule has 0 fully saturated rings. The summed E-state index contributed by atoms with van der Waals surface area (Å²) in [4.78, 5) is 22.7. The molecule has 114 valence electrons. The van der Waals surface area contributed by atoms with E-state index in [1.54, 1.807) is 19.2 Å². The van der Waals surface area contributed by atoms with E-state index in [0.717, 1.165) is 11.3 Å². The van der Waals surface area contributed by atoms with E-state index in [2.05, 4.69) is 10.6 Å². The van der Waals surface area contributed by atoms with Gasteiger partial charge in [0.05, 0.1) is 12.7 Å². The number of urea groups is 1. The van der Waals surface area contributed by atoms with Gasteiger partial charge in [0.25, 0.3) is 0 Å². The fourth-order valence-electron chi connectivity index (χ4n) is 1.83. The molecule has 0 atom stereocenters. The topological polar surface area (TPSA) is 87.7 Å². The Labute approximate surface area is 127 Å². The second kappa shape index (κ2) is 7.12. The summed E-state index contributed by atoms with van der Waals surface area (Å²) in [6.45, 7) is 0.356. The normalized spacial score (nSPS) is 9.86. The lowest BCUT2D eigenvalue weighted by Gasteiger charge is -2.08. The lowest BCUT2D eigenvalue weighted by atomic mass is 10.2. The van der Waals surface area contributed by atoms with Crippen molar-refractivity contribution in [2.24, 2.45) is 0 Å². The van der Waals surface area contributed by atoms with E-state index >= 15 is 0 Å². The Hall–Kier alpha value is -3.02. The molecule has 0 aliphatic heterocycles. The number of methoxy groups -OCH3 is 1. The second-order valence-electron chi connectivity index (χ2n) is 4.54. The molecule has 0 unspecified atom stereocenters. The van der Waals surface area contributed by atoms with Gasteiger partial charge < -0.3 is 20.5 Å². The molecule has 0 spiro atoms. The molecule has 0 saturated heterocycles. The zero-order chi connectivity index (χ0) is 15.9. The Kier molecular flexibility index (Phi) is 4.98. The standard InChI is InChI=1S/C16H16N2O4/c1-22-14-7-5-11(6-8-14)10-17-16(21)18-13-4-2-3-12(9-13)15(19)20/h2-9H,10H2,1H3,(H,19,20)(H2,17,18,21). The van der Waals surface area contributed by atoms with Crippen molar-refractivity contribution in [3.63, 3.8) is 0 Å². The van der Waals surface area contributed by atoms with E-state index in [0.29, 0.717) is 12.2 Å². The quantitative estimate of drug-likeness (QED) is 0.792. The number of benzene rings is 2. The Morgan fingerprint density at radius 3 is 2.50 bits per heavy atom. The minimum atomic E-state index is -1.04. The summed E-state index contributed by atoms with van der Waals surface area (Å²) >= 11 is 0. The fourth-order valence-corrected chi connectivity index (χ4v) is 1.83. The molecule has 0 radical (unpaired) electrons. The van der Waals surface area contributed by atoms with Gasteiger partial charge in [-0.2, -0.15) is 0 Å². The molecule has 6 nitrogen and oxygen atoms in total. The third-order valence-corrected chi connectivity index (χ3v) is 2.98. The van der Waals surface area contributed by atoms with Crippen LogP contribution in [0.25, 0.3) is 0 Å². The number of carboxylic acids is 1. The maximum atomic E-state index is 11.8. The van der Waals surface area contributed by atoms with Crippen molar-refractivity contribution in [1.29, 1.82) is 0 Å². The first-order valence-electron chi connectivity index (χ1n) is 6.59. The summed E-state index contributed by atoms with van der Waals surface area (Å²) in [7, 11) is 1.59. The van der Waals surface area contributed by atoms with E-state index < -0.39 is 12.0 Å². The summed E-state index contributed by atoms with van der Waals surface area (Å²) in [5, 5.41) is 14.2. The molecule has 2 rings (SSSR count). The number of amides is 2. The molecular weight excluding hydrogens is 284 g/mol. The van der Waals surface area contributed by atoms with Crippen LogP contribution in [0.3, 0.4) is 0 Å². The SMILES string of the molecule is COc1ccc(CNC(=O)Nc2cccc(C(=O)O)c2)cc1. The van der Waals surface area contributed by atoms with Crippen LogP contribution in [-0.4, -0.2) is 24.2 Å². The van der Waals surface area contributed by atoms with Gasteiger partial charge in [-0.3, -0.25) is 0 Å². The van der Waals surface area contributed by atoms with E-state index in [-0.39, 0.29) is 5.56 Å². The number of carboxylic acid groups (broad SMARTS) is 1. The van der Waals surface area contributed by atoms with Crippen molar-refractivity contribution >= 4 is 17.7 Å². The van der Waals surface area contributed by atoms with E-state index in [9.17, 15) is 9.59 Å². The van der Waals surface area contributed by atoms with Crippen molar-refractivity contribution < 1.29 is 19.4 Å². The molecule has 6 heteroatoms.